The molecule has 1 aromatic carbocycles. The number of ether oxygens (including phenoxy) is 3. The number of nitrogens with zero attached hydrogens (tertiary/aromatic N) is 1. The van der Waals surface area contributed by atoms with Gasteiger partial charge >= 0.3 is 11.9 Å². The van der Waals surface area contributed by atoms with Crippen LogP contribution in [0.3, 0.4) is 0 Å². The number of rotatable bonds is 5. The van der Waals surface area contributed by atoms with Gasteiger partial charge in [0.2, 0.25) is 5.75 Å². The van der Waals surface area contributed by atoms with Crippen LogP contribution in [0.5, 0.6) is 17.2 Å². The molecule has 1 aliphatic heterocycles. The van der Waals surface area contributed by atoms with Gasteiger partial charge in [-0.25, -0.2) is 9.59 Å². The van der Waals surface area contributed by atoms with Crippen LogP contribution in [0.25, 0.3) is 0 Å². The molecule has 1 aromatic rings. The minimum Gasteiger partial charge on any atom is -0.493 e. The van der Waals surface area contributed by atoms with Gasteiger partial charge in [0, 0.05) is 30.3 Å². The summed E-state index contributed by atoms with van der Waals surface area (Å²) in [4.78, 5) is 21.4. The van der Waals surface area contributed by atoms with Crippen LogP contribution in [-0.4, -0.2) is 62.0 Å². The Morgan fingerprint density at radius 2 is 1.62 bits per heavy atom. The Morgan fingerprint density at radius 1 is 1.08 bits per heavy atom. The van der Waals surface area contributed by atoms with Crippen molar-refractivity contribution in [2.24, 2.45) is 0 Å². The van der Waals surface area contributed by atoms with Crippen molar-refractivity contribution in [2.45, 2.75) is 19.4 Å². The second kappa shape index (κ2) is 9.67. The van der Waals surface area contributed by atoms with Gasteiger partial charge in [-0.3, -0.25) is 4.90 Å². The topological polar surface area (TPSA) is 106 Å². The van der Waals surface area contributed by atoms with Gasteiger partial charge in [-0.15, -0.1) is 0 Å². The Bertz CT molecular complexity index is 669. The van der Waals surface area contributed by atoms with E-state index in [9.17, 15) is 9.59 Å². The number of hydrogen-bond acceptors (Lipinski definition) is 6. The maximum Gasteiger partial charge on any atom is 0.328 e. The van der Waals surface area contributed by atoms with Crippen molar-refractivity contribution < 1.29 is 34.0 Å². The van der Waals surface area contributed by atoms with E-state index in [0.29, 0.717) is 23.9 Å². The first-order valence-corrected chi connectivity index (χ1v) is 7.92. The second-order valence-corrected chi connectivity index (χ2v) is 5.63. The van der Waals surface area contributed by atoms with Crippen LogP contribution in [0.4, 0.5) is 0 Å². The summed E-state index contributed by atoms with van der Waals surface area (Å²) in [5.74, 6) is -0.295. The lowest BCUT2D eigenvalue weighted by molar-refractivity contribution is -0.134. The predicted molar refractivity (Wildman–Crippen MR) is 95.3 cm³/mol. The van der Waals surface area contributed by atoms with Gasteiger partial charge in [0.05, 0.1) is 21.3 Å². The van der Waals surface area contributed by atoms with Crippen molar-refractivity contribution in [1.29, 1.82) is 0 Å². The number of aliphatic carboxylic acids is 2. The fourth-order valence-corrected chi connectivity index (χ4v) is 2.75. The molecule has 0 spiro atoms. The quantitative estimate of drug-likeness (QED) is 0.761. The summed E-state index contributed by atoms with van der Waals surface area (Å²) in [6.45, 7) is 3.24. The van der Waals surface area contributed by atoms with Crippen LogP contribution < -0.4 is 14.2 Å². The molecule has 0 saturated carbocycles. The molecule has 8 heteroatoms. The maximum absolute atomic E-state index is 9.55. The lowest BCUT2D eigenvalue weighted by Gasteiger charge is -2.34. The molecule has 1 aliphatic rings. The molecule has 26 heavy (non-hydrogen) atoms. The first kappa shape index (κ1) is 21.3. The van der Waals surface area contributed by atoms with E-state index in [1.165, 1.54) is 11.1 Å². The number of likely N-dealkylation sites (N-methyl/N-ethyl adjacent to an activating group) is 1. The molecule has 0 saturated heterocycles. The summed E-state index contributed by atoms with van der Waals surface area (Å²) in [5, 5.41) is 15.6. The summed E-state index contributed by atoms with van der Waals surface area (Å²) in [6.07, 6.45) is 2.12. The van der Waals surface area contributed by atoms with Crippen LogP contribution >= 0.6 is 0 Å². The fourth-order valence-electron chi connectivity index (χ4n) is 2.75. The van der Waals surface area contributed by atoms with Crippen LogP contribution in [0.1, 0.15) is 24.1 Å². The van der Waals surface area contributed by atoms with Crippen molar-refractivity contribution in [3.8, 4) is 17.2 Å². The Balaban J connectivity index is 0.000000359. The van der Waals surface area contributed by atoms with Crippen LogP contribution in [0.15, 0.2) is 18.2 Å². The van der Waals surface area contributed by atoms with Gasteiger partial charge in [-0.2, -0.15) is 0 Å². The highest BCUT2D eigenvalue weighted by Gasteiger charge is 2.29. The summed E-state index contributed by atoms with van der Waals surface area (Å²) >= 11 is 0. The third-order valence-electron chi connectivity index (χ3n) is 4.14. The van der Waals surface area contributed by atoms with Crippen molar-refractivity contribution in [3.05, 3.63) is 29.3 Å². The summed E-state index contributed by atoms with van der Waals surface area (Å²) in [7, 11) is 7.11. The highest BCUT2D eigenvalue weighted by atomic mass is 16.5. The lowest BCUT2D eigenvalue weighted by Crippen LogP contribution is -2.30. The van der Waals surface area contributed by atoms with E-state index >= 15 is 0 Å². The minimum atomic E-state index is -1.26. The van der Waals surface area contributed by atoms with E-state index in [1.54, 1.807) is 21.3 Å². The zero-order valence-electron chi connectivity index (χ0n) is 15.6. The Morgan fingerprint density at radius 3 is 2.04 bits per heavy atom. The van der Waals surface area contributed by atoms with E-state index in [0.717, 1.165) is 24.5 Å². The molecule has 0 aliphatic carbocycles. The minimum absolute atomic E-state index is 0.323. The van der Waals surface area contributed by atoms with E-state index in [-0.39, 0.29) is 0 Å². The molecule has 8 nitrogen and oxygen atoms in total. The molecule has 1 atom stereocenters. The van der Waals surface area contributed by atoms with E-state index in [4.69, 9.17) is 24.4 Å². The van der Waals surface area contributed by atoms with Crippen LogP contribution in [0, 0.1) is 0 Å². The third kappa shape index (κ3) is 5.13. The Hall–Kier alpha value is -2.74. The van der Waals surface area contributed by atoms with Gasteiger partial charge in [0.25, 0.3) is 0 Å². The summed E-state index contributed by atoms with van der Waals surface area (Å²) < 4.78 is 16.4. The van der Waals surface area contributed by atoms with Crippen molar-refractivity contribution in [1.82, 2.24) is 4.90 Å². The molecule has 2 N–H and O–H groups in total. The zero-order chi connectivity index (χ0) is 19.9. The number of benzene rings is 1. The number of hydrogen-bond donors (Lipinski definition) is 2. The highest BCUT2D eigenvalue weighted by molar-refractivity contribution is 5.89. The normalized spacial score (nSPS) is 16.3. The molecular formula is C18H25NO7. The van der Waals surface area contributed by atoms with Gasteiger partial charge in [-0.1, -0.05) is 0 Å². The fraction of sp³-hybridized carbons (Fsp3) is 0.444. The largest absolute Gasteiger partial charge is 0.493 e. The predicted octanol–water partition coefficient (Wildman–Crippen LogP) is 1.97. The van der Waals surface area contributed by atoms with Crippen LogP contribution in [-0.2, 0) is 16.0 Å². The van der Waals surface area contributed by atoms with Gasteiger partial charge in [0.1, 0.15) is 0 Å². The number of carboxylic acid groups (broad SMARTS) is 2. The Kier molecular flexibility index (Phi) is 7.92. The number of methoxy groups -OCH3 is 3. The van der Waals surface area contributed by atoms with Gasteiger partial charge in [0.15, 0.2) is 11.5 Å². The molecule has 0 aromatic heterocycles. The molecular weight excluding hydrogens is 342 g/mol. The monoisotopic (exact) mass is 367 g/mol. The molecule has 0 amide bonds. The molecule has 0 bridgehead atoms. The molecule has 144 valence electrons. The standard InChI is InChI=1S/C14H21NO3.C4H4O4/c1-9-12-10(6-7-15(9)2)8-11(16-3)13(17-4)14(12)18-5;5-3(6)1-2-4(7)8/h8-9H,6-7H2,1-5H3;1-2H,(H,5,6)(H,7,8)/b;2-1+. The van der Waals surface area contributed by atoms with Crippen molar-refractivity contribution >= 4 is 11.9 Å². The SMILES string of the molecule is COc1cc2c(c(OC)c1OC)C(C)N(C)CC2.O=C(O)/C=C/C(=O)O. The second-order valence-electron chi connectivity index (χ2n) is 5.63. The molecule has 1 heterocycles. The average Bonchev–Trinajstić information content (AvgIpc) is 2.61. The van der Waals surface area contributed by atoms with Gasteiger partial charge < -0.3 is 24.4 Å². The van der Waals surface area contributed by atoms with Crippen molar-refractivity contribution in [2.75, 3.05) is 34.9 Å². The molecule has 0 radical (unpaired) electrons. The maximum atomic E-state index is 9.55. The number of carbonyl (C=O) groups is 2. The first-order valence-electron chi connectivity index (χ1n) is 7.92. The highest BCUT2D eigenvalue weighted by Crippen LogP contribution is 2.46. The Labute approximate surface area is 152 Å². The van der Waals surface area contributed by atoms with E-state index < -0.39 is 11.9 Å². The summed E-state index contributed by atoms with van der Waals surface area (Å²) in [6, 6.07) is 2.39. The van der Waals surface area contributed by atoms with E-state index in [2.05, 4.69) is 24.9 Å². The molecule has 0 fully saturated rings. The van der Waals surface area contributed by atoms with Crippen LogP contribution in [0.2, 0.25) is 0 Å². The third-order valence-corrected chi connectivity index (χ3v) is 4.14. The van der Waals surface area contributed by atoms with Gasteiger partial charge in [-0.05, 0) is 32.0 Å². The average molecular weight is 367 g/mol. The van der Waals surface area contributed by atoms with E-state index in [1.807, 2.05) is 0 Å². The lowest BCUT2D eigenvalue weighted by atomic mass is 9.92. The van der Waals surface area contributed by atoms with Crippen molar-refractivity contribution in [3.63, 3.8) is 0 Å². The number of carboxylic acids is 2. The number of fused-ring (bicyclic) bond motifs is 1. The molecule has 2 rings (SSSR count). The smallest absolute Gasteiger partial charge is 0.328 e. The summed E-state index contributed by atoms with van der Waals surface area (Å²) in [5.41, 5.74) is 2.50. The first-order chi connectivity index (χ1) is 12.3. The zero-order valence-corrected chi connectivity index (χ0v) is 15.6. The molecule has 1 unspecified atom stereocenters.